The lowest BCUT2D eigenvalue weighted by molar-refractivity contribution is -0.128. The molecule has 0 aromatic heterocycles. The number of halogens is 1. The molecule has 1 aliphatic heterocycles. The summed E-state index contributed by atoms with van der Waals surface area (Å²) in [6, 6.07) is 3.38. The van der Waals surface area contributed by atoms with Crippen LogP contribution >= 0.6 is 0 Å². The van der Waals surface area contributed by atoms with Gasteiger partial charge in [0.1, 0.15) is 5.82 Å². The molecule has 0 saturated heterocycles. The number of amides is 1. The highest BCUT2D eigenvalue weighted by Gasteiger charge is 2.49. The van der Waals surface area contributed by atoms with Gasteiger partial charge in [-0.2, -0.15) is 0 Å². The third-order valence-corrected chi connectivity index (χ3v) is 5.74. The van der Waals surface area contributed by atoms with Gasteiger partial charge in [-0.05, 0) is 31.0 Å². The van der Waals surface area contributed by atoms with Crippen molar-refractivity contribution < 1.29 is 17.6 Å². The first-order valence-electron chi connectivity index (χ1n) is 5.77. The molecule has 1 spiro atoms. The summed E-state index contributed by atoms with van der Waals surface area (Å²) in [6.07, 6.45) is 2.01. The molecule has 1 saturated carbocycles. The van der Waals surface area contributed by atoms with Gasteiger partial charge in [0.25, 0.3) is 0 Å². The van der Waals surface area contributed by atoms with E-state index in [0.717, 1.165) is 18.6 Å². The lowest BCUT2D eigenvalue weighted by Crippen LogP contribution is -2.45. The maximum atomic E-state index is 13.1. The molecule has 3 rings (SSSR count). The summed E-state index contributed by atoms with van der Waals surface area (Å²) in [5.74, 6) is -1.04. The second-order valence-corrected chi connectivity index (χ2v) is 6.95. The highest BCUT2D eigenvalue weighted by molar-refractivity contribution is 7.91. The predicted octanol–water partition coefficient (Wildman–Crippen LogP) is 1.72. The van der Waals surface area contributed by atoms with Gasteiger partial charge in [-0.25, -0.2) is 12.8 Å². The third kappa shape index (κ3) is 1.55. The molecular weight excluding hydrogens is 257 g/mol. The van der Waals surface area contributed by atoms with E-state index in [4.69, 9.17) is 0 Å². The van der Waals surface area contributed by atoms with E-state index in [-0.39, 0.29) is 22.2 Å². The summed E-state index contributed by atoms with van der Waals surface area (Å²) in [6.45, 7) is 0. The van der Waals surface area contributed by atoms with E-state index in [1.54, 1.807) is 0 Å². The van der Waals surface area contributed by atoms with Gasteiger partial charge < -0.3 is 5.32 Å². The quantitative estimate of drug-likeness (QED) is 0.729. The third-order valence-electron chi connectivity index (χ3n) is 3.78. The van der Waals surface area contributed by atoms with Gasteiger partial charge in [-0.1, -0.05) is 6.42 Å². The van der Waals surface area contributed by atoms with Crippen molar-refractivity contribution >= 4 is 21.4 Å². The van der Waals surface area contributed by atoms with Crippen LogP contribution in [0.15, 0.2) is 23.1 Å². The van der Waals surface area contributed by atoms with E-state index < -0.39 is 21.1 Å². The summed E-state index contributed by atoms with van der Waals surface area (Å²) < 4.78 is 37.6. The van der Waals surface area contributed by atoms with Crippen LogP contribution in [0, 0.1) is 11.2 Å². The molecule has 0 radical (unpaired) electrons. The Kier molecular flexibility index (Phi) is 2.29. The van der Waals surface area contributed by atoms with E-state index in [1.807, 2.05) is 0 Å². The summed E-state index contributed by atoms with van der Waals surface area (Å²) in [4.78, 5) is 12.1. The molecule has 1 heterocycles. The van der Waals surface area contributed by atoms with Crippen molar-refractivity contribution in [3.05, 3.63) is 24.0 Å². The van der Waals surface area contributed by atoms with Crippen LogP contribution in [0.1, 0.15) is 19.3 Å². The molecule has 18 heavy (non-hydrogen) atoms. The van der Waals surface area contributed by atoms with Gasteiger partial charge in [0.2, 0.25) is 5.91 Å². The van der Waals surface area contributed by atoms with E-state index >= 15 is 0 Å². The zero-order valence-corrected chi connectivity index (χ0v) is 10.4. The van der Waals surface area contributed by atoms with Crippen LogP contribution in [-0.2, 0) is 14.6 Å². The number of carbonyl (C=O) groups excluding carboxylic acids is 1. The number of sulfone groups is 1. The largest absolute Gasteiger partial charge is 0.324 e. The smallest absolute Gasteiger partial charge is 0.231 e. The van der Waals surface area contributed by atoms with E-state index in [0.29, 0.717) is 12.8 Å². The molecule has 2 aliphatic rings. The molecule has 4 nitrogen and oxygen atoms in total. The highest BCUT2D eigenvalue weighted by Crippen LogP contribution is 2.46. The molecule has 96 valence electrons. The topological polar surface area (TPSA) is 63.2 Å². The average molecular weight is 269 g/mol. The summed E-state index contributed by atoms with van der Waals surface area (Å²) in [5, 5.41) is 2.55. The van der Waals surface area contributed by atoms with Crippen molar-refractivity contribution in [2.75, 3.05) is 11.1 Å². The Hall–Kier alpha value is -1.43. The number of benzene rings is 1. The predicted molar refractivity (Wildman–Crippen MR) is 63.4 cm³/mol. The van der Waals surface area contributed by atoms with Gasteiger partial charge in [-0.3, -0.25) is 4.79 Å². The minimum Gasteiger partial charge on any atom is -0.324 e. The Bertz CT molecular complexity index is 635. The fourth-order valence-electron chi connectivity index (χ4n) is 2.61. The zero-order chi connectivity index (χ0) is 13.0. The van der Waals surface area contributed by atoms with Crippen molar-refractivity contribution in [2.24, 2.45) is 5.41 Å². The normalized spacial score (nSPS) is 23.7. The lowest BCUT2D eigenvalue weighted by atomic mass is 9.69. The molecular formula is C12H12FNO3S. The summed E-state index contributed by atoms with van der Waals surface area (Å²) in [7, 11) is -3.55. The molecule has 1 aromatic rings. The Morgan fingerprint density at radius 1 is 1.28 bits per heavy atom. The van der Waals surface area contributed by atoms with Crippen molar-refractivity contribution in [3.8, 4) is 0 Å². The zero-order valence-electron chi connectivity index (χ0n) is 9.57. The molecule has 1 fully saturated rings. The molecule has 0 atom stereocenters. The molecule has 1 N–H and O–H groups in total. The first kappa shape index (κ1) is 11.6. The minimum absolute atomic E-state index is 0.0148. The first-order chi connectivity index (χ1) is 8.43. The Balaban J connectivity index is 2.17. The number of hydrogen-bond donors (Lipinski definition) is 1. The van der Waals surface area contributed by atoms with Crippen LogP contribution in [0.2, 0.25) is 0 Å². The SMILES string of the molecule is O=C1Nc2cc(F)ccc2S(=O)(=O)CC12CCC2. The van der Waals surface area contributed by atoms with E-state index in [9.17, 15) is 17.6 Å². The van der Waals surface area contributed by atoms with E-state index in [2.05, 4.69) is 5.32 Å². The van der Waals surface area contributed by atoms with Crippen molar-refractivity contribution in [1.82, 2.24) is 0 Å². The fraction of sp³-hybridized carbons (Fsp3) is 0.417. The fourth-order valence-corrected chi connectivity index (χ4v) is 4.63. The first-order valence-corrected chi connectivity index (χ1v) is 7.42. The molecule has 1 amide bonds. The number of anilines is 1. The average Bonchev–Trinajstić information content (AvgIpc) is 2.30. The highest BCUT2D eigenvalue weighted by atomic mass is 32.2. The maximum absolute atomic E-state index is 13.1. The van der Waals surface area contributed by atoms with Crippen molar-refractivity contribution in [1.29, 1.82) is 0 Å². The van der Waals surface area contributed by atoms with E-state index in [1.165, 1.54) is 6.07 Å². The monoisotopic (exact) mass is 269 g/mol. The van der Waals surface area contributed by atoms with Gasteiger partial charge in [0, 0.05) is 0 Å². The Morgan fingerprint density at radius 2 is 2.00 bits per heavy atom. The Labute approximate surface area is 104 Å². The number of hydrogen-bond acceptors (Lipinski definition) is 3. The van der Waals surface area contributed by atoms with Crippen LogP contribution in [0.5, 0.6) is 0 Å². The summed E-state index contributed by atoms with van der Waals surface area (Å²) >= 11 is 0. The van der Waals surface area contributed by atoms with Gasteiger partial charge in [0.05, 0.1) is 21.8 Å². The second-order valence-electron chi connectivity index (χ2n) is 4.99. The van der Waals surface area contributed by atoms with Gasteiger partial charge in [0.15, 0.2) is 9.84 Å². The van der Waals surface area contributed by atoms with Crippen LogP contribution < -0.4 is 5.32 Å². The number of nitrogens with one attached hydrogen (secondary N) is 1. The van der Waals surface area contributed by atoms with Crippen molar-refractivity contribution in [2.45, 2.75) is 24.2 Å². The van der Waals surface area contributed by atoms with Crippen molar-refractivity contribution in [3.63, 3.8) is 0 Å². The minimum atomic E-state index is -3.55. The van der Waals surface area contributed by atoms with Gasteiger partial charge in [-0.15, -0.1) is 0 Å². The number of fused-ring (bicyclic) bond motifs is 1. The van der Waals surface area contributed by atoms with Crippen LogP contribution in [-0.4, -0.2) is 20.1 Å². The molecule has 6 heteroatoms. The lowest BCUT2D eigenvalue weighted by Gasteiger charge is -2.38. The molecule has 1 aromatic carbocycles. The van der Waals surface area contributed by atoms with Crippen LogP contribution in [0.4, 0.5) is 10.1 Å². The number of carbonyl (C=O) groups is 1. The maximum Gasteiger partial charge on any atom is 0.231 e. The van der Waals surface area contributed by atoms with Crippen LogP contribution in [0.3, 0.4) is 0 Å². The van der Waals surface area contributed by atoms with Crippen LogP contribution in [0.25, 0.3) is 0 Å². The number of rotatable bonds is 0. The summed E-state index contributed by atoms with van der Waals surface area (Å²) in [5.41, 5.74) is -0.752. The Morgan fingerprint density at radius 3 is 2.61 bits per heavy atom. The molecule has 1 aliphatic carbocycles. The molecule has 0 bridgehead atoms. The standard InChI is InChI=1S/C12H12FNO3S/c13-8-2-3-10-9(6-8)14-11(15)12(4-1-5-12)7-18(10,16)17/h2-3,6H,1,4-5,7H2,(H,14,15). The second kappa shape index (κ2) is 3.54. The van der Waals surface area contributed by atoms with Gasteiger partial charge >= 0.3 is 0 Å². The molecule has 0 unspecified atom stereocenters.